The lowest BCUT2D eigenvalue weighted by atomic mass is 10.1. The Hall–Kier alpha value is -1.77. The maximum atomic E-state index is 13.4. The van der Waals surface area contributed by atoms with Gasteiger partial charge in [0, 0.05) is 32.2 Å². The normalized spacial score (nSPS) is 18.9. The number of imidazole rings is 1. The second-order valence-corrected chi connectivity index (χ2v) is 7.49. The van der Waals surface area contributed by atoms with Crippen LogP contribution in [0.1, 0.15) is 18.5 Å². The molecule has 1 aromatic carbocycles. The summed E-state index contributed by atoms with van der Waals surface area (Å²) in [4.78, 5) is 8.57. The molecule has 3 rings (SSSR count). The maximum Gasteiger partial charge on any atom is 0.260 e. The van der Waals surface area contributed by atoms with E-state index in [4.69, 9.17) is 0 Å². The highest BCUT2D eigenvalue weighted by Crippen LogP contribution is 2.24. The molecule has 1 fully saturated rings. The van der Waals surface area contributed by atoms with Crippen molar-refractivity contribution in [1.82, 2.24) is 19.2 Å². The second kappa shape index (κ2) is 6.38. The van der Waals surface area contributed by atoms with E-state index in [9.17, 15) is 12.8 Å². The first kappa shape index (κ1) is 16.1. The molecule has 6 nitrogen and oxygen atoms in total. The van der Waals surface area contributed by atoms with Crippen LogP contribution in [0, 0.1) is 5.82 Å². The van der Waals surface area contributed by atoms with E-state index in [-0.39, 0.29) is 16.9 Å². The summed E-state index contributed by atoms with van der Waals surface area (Å²) >= 11 is 0. The lowest BCUT2D eigenvalue weighted by Gasteiger charge is -2.37. The molecule has 0 spiro atoms. The molecule has 1 aliphatic rings. The van der Waals surface area contributed by atoms with E-state index in [1.165, 1.54) is 29.0 Å². The number of halogens is 1. The van der Waals surface area contributed by atoms with Crippen molar-refractivity contribution < 1.29 is 12.8 Å². The van der Waals surface area contributed by atoms with Crippen molar-refractivity contribution in [1.29, 1.82) is 0 Å². The molecule has 0 amide bonds. The molecular formula is C15H19FN4O2S. The van der Waals surface area contributed by atoms with Gasteiger partial charge in [-0.3, -0.25) is 4.90 Å². The molecule has 124 valence electrons. The van der Waals surface area contributed by atoms with Crippen LogP contribution in [0.3, 0.4) is 0 Å². The van der Waals surface area contributed by atoms with E-state index < -0.39 is 10.0 Å². The van der Waals surface area contributed by atoms with Crippen molar-refractivity contribution in [2.45, 2.75) is 18.0 Å². The van der Waals surface area contributed by atoms with Gasteiger partial charge in [-0.2, -0.15) is 4.31 Å². The summed E-state index contributed by atoms with van der Waals surface area (Å²) < 4.78 is 39.7. The Labute approximate surface area is 135 Å². The summed E-state index contributed by atoms with van der Waals surface area (Å²) in [5, 5.41) is 0.115. The topological polar surface area (TPSA) is 69.3 Å². The summed E-state index contributed by atoms with van der Waals surface area (Å²) in [5.41, 5.74) is 0.898. The van der Waals surface area contributed by atoms with Gasteiger partial charge in [0.25, 0.3) is 10.0 Å². The quantitative estimate of drug-likeness (QED) is 0.920. The third-order valence-electron chi connectivity index (χ3n) is 4.24. The molecule has 0 saturated carbocycles. The fraction of sp³-hybridized carbons (Fsp3) is 0.400. The van der Waals surface area contributed by atoms with Crippen LogP contribution in [0.5, 0.6) is 0 Å². The van der Waals surface area contributed by atoms with Gasteiger partial charge < -0.3 is 4.98 Å². The molecule has 0 radical (unpaired) electrons. The Kier molecular flexibility index (Phi) is 4.47. The van der Waals surface area contributed by atoms with Crippen LogP contribution in [-0.2, 0) is 10.0 Å². The Morgan fingerprint density at radius 2 is 2.00 bits per heavy atom. The van der Waals surface area contributed by atoms with E-state index in [0.717, 1.165) is 5.56 Å². The summed E-state index contributed by atoms with van der Waals surface area (Å²) in [6.45, 7) is 4.02. The minimum Gasteiger partial charge on any atom is -0.335 e. The molecule has 1 aliphatic heterocycles. The summed E-state index contributed by atoms with van der Waals surface area (Å²) in [5.74, 6) is -0.255. The SMILES string of the molecule is C[C@H](c1cccc(F)c1)N1CCN(S(=O)(=O)c2cnc[nH]2)CC1. The Balaban J connectivity index is 1.67. The van der Waals surface area contributed by atoms with E-state index in [0.29, 0.717) is 26.2 Å². The Morgan fingerprint density at radius 3 is 2.61 bits per heavy atom. The van der Waals surface area contributed by atoms with Gasteiger partial charge in [-0.1, -0.05) is 12.1 Å². The van der Waals surface area contributed by atoms with Crippen LogP contribution in [0.2, 0.25) is 0 Å². The van der Waals surface area contributed by atoms with Crippen molar-refractivity contribution in [2.24, 2.45) is 0 Å². The second-order valence-electron chi connectivity index (χ2n) is 5.59. The number of piperazine rings is 1. The van der Waals surface area contributed by atoms with E-state index in [1.807, 2.05) is 13.0 Å². The predicted molar refractivity (Wildman–Crippen MR) is 83.7 cm³/mol. The largest absolute Gasteiger partial charge is 0.335 e. The average molecular weight is 338 g/mol. The number of H-pyrrole nitrogens is 1. The van der Waals surface area contributed by atoms with Crippen LogP contribution in [0.25, 0.3) is 0 Å². The number of hydrogen-bond donors (Lipinski definition) is 1. The van der Waals surface area contributed by atoms with Gasteiger partial charge in [-0.25, -0.2) is 17.8 Å². The summed E-state index contributed by atoms with van der Waals surface area (Å²) in [6.07, 6.45) is 2.67. The highest BCUT2D eigenvalue weighted by Gasteiger charge is 2.31. The molecule has 2 heterocycles. The zero-order valence-electron chi connectivity index (χ0n) is 12.8. The van der Waals surface area contributed by atoms with Gasteiger partial charge in [0.05, 0.1) is 12.5 Å². The van der Waals surface area contributed by atoms with Gasteiger partial charge in [0.1, 0.15) is 5.82 Å². The molecule has 1 atom stereocenters. The smallest absolute Gasteiger partial charge is 0.260 e. The third-order valence-corrected chi connectivity index (χ3v) is 6.07. The first-order valence-corrected chi connectivity index (χ1v) is 8.90. The molecule has 1 N–H and O–H groups in total. The fourth-order valence-corrected chi connectivity index (χ4v) is 4.15. The zero-order valence-corrected chi connectivity index (χ0v) is 13.6. The number of aromatic amines is 1. The molecule has 0 unspecified atom stereocenters. The zero-order chi connectivity index (χ0) is 16.4. The van der Waals surface area contributed by atoms with Crippen molar-refractivity contribution in [3.8, 4) is 0 Å². The lowest BCUT2D eigenvalue weighted by Crippen LogP contribution is -2.49. The van der Waals surface area contributed by atoms with Gasteiger partial charge in [0.2, 0.25) is 0 Å². The number of sulfonamides is 1. The number of aromatic nitrogens is 2. The molecule has 8 heteroatoms. The minimum atomic E-state index is -3.51. The Bertz CT molecular complexity index is 756. The first-order valence-electron chi connectivity index (χ1n) is 7.46. The standard InChI is InChI=1S/C15H19FN4O2S/c1-12(13-3-2-4-14(16)9-13)19-5-7-20(8-6-19)23(21,22)15-10-17-11-18-15/h2-4,9-12H,5-8H2,1H3,(H,17,18)/t12-/m1/s1. The highest BCUT2D eigenvalue weighted by molar-refractivity contribution is 7.89. The molecule has 23 heavy (non-hydrogen) atoms. The summed E-state index contributed by atoms with van der Waals surface area (Å²) in [7, 11) is -3.51. The van der Waals surface area contributed by atoms with Crippen LogP contribution < -0.4 is 0 Å². The average Bonchev–Trinajstić information content (AvgIpc) is 3.09. The molecular weight excluding hydrogens is 319 g/mol. The van der Waals surface area contributed by atoms with E-state index in [2.05, 4.69) is 14.9 Å². The van der Waals surface area contributed by atoms with E-state index in [1.54, 1.807) is 6.07 Å². The van der Waals surface area contributed by atoms with Gasteiger partial charge in [-0.15, -0.1) is 0 Å². The van der Waals surface area contributed by atoms with Crippen molar-refractivity contribution in [2.75, 3.05) is 26.2 Å². The summed E-state index contributed by atoms with van der Waals surface area (Å²) in [6, 6.07) is 6.58. The third kappa shape index (κ3) is 3.29. The van der Waals surface area contributed by atoms with Crippen molar-refractivity contribution in [3.63, 3.8) is 0 Å². The van der Waals surface area contributed by atoms with Crippen molar-refractivity contribution in [3.05, 3.63) is 48.2 Å². The van der Waals surface area contributed by atoms with Gasteiger partial charge >= 0.3 is 0 Å². The number of nitrogens with one attached hydrogen (secondary N) is 1. The highest BCUT2D eigenvalue weighted by atomic mass is 32.2. The predicted octanol–water partition coefficient (Wildman–Crippen LogP) is 1.62. The molecule has 0 bridgehead atoms. The van der Waals surface area contributed by atoms with Gasteiger partial charge in [0.15, 0.2) is 5.03 Å². The lowest BCUT2D eigenvalue weighted by molar-refractivity contribution is 0.145. The van der Waals surface area contributed by atoms with Crippen LogP contribution in [0.4, 0.5) is 4.39 Å². The monoisotopic (exact) mass is 338 g/mol. The maximum absolute atomic E-state index is 13.4. The number of benzene rings is 1. The Morgan fingerprint density at radius 1 is 1.26 bits per heavy atom. The minimum absolute atomic E-state index is 0.0442. The van der Waals surface area contributed by atoms with Crippen LogP contribution >= 0.6 is 0 Å². The molecule has 1 aromatic heterocycles. The first-order chi connectivity index (χ1) is 11.0. The number of rotatable bonds is 4. The van der Waals surface area contributed by atoms with Gasteiger partial charge in [-0.05, 0) is 24.6 Å². The number of nitrogens with zero attached hydrogens (tertiary/aromatic N) is 3. The number of hydrogen-bond acceptors (Lipinski definition) is 4. The van der Waals surface area contributed by atoms with Crippen LogP contribution in [-0.4, -0.2) is 53.8 Å². The van der Waals surface area contributed by atoms with E-state index >= 15 is 0 Å². The molecule has 1 saturated heterocycles. The van der Waals surface area contributed by atoms with Crippen LogP contribution in [0.15, 0.2) is 41.8 Å². The fourth-order valence-electron chi connectivity index (χ4n) is 2.83. The van der Waals surface area contributed by atoms with Crippen molar-refractivity contribution >= 4 is 10.0 Å². The molecule has 0 aliphatic carbocycles. The molecule has 2 aromatic rings.